The Morgan fingerprint density at radius 3 is 2.48 bits per heavy atom. The molecule has 9 heteroatoms. The second-order valence-electron chi connectivity index (χ2n) is 6.65. The molecule has 1 atom stereocenters. The highest BCUT2D eigenvalue weighted by Gasteiger charge is 2.15. The second-order valence-corrected chi connectivity index (χ2v) is 8.33. The van der Waals surface area contributed by atoms with E-state index in [-0.39, 0.29) is 24.0 Å². The lowest BCUT2D eigenvalue weighted by molar-refractivity contribution is 0.117. The van der Waals surface area contributed by atoms with Crippen LogP contribution in [-0.4, -0.2) is 42.7 Å². The Morgan fingerprint density at radius 2 is 1.77 bits per heavy atom. The molecule has 0 aliphatic heterocycles. The number of aromatic nitrogens is 2. The van der Waals surface area contributed by atoms with Crippen molar-refractivity contribution in [1.82, 2.24) is 9.97 Å². The molecule has 3 rings (SSSR count). The first-order valence-corrected chi connectivity index (χ1v) is 11.1. The molecule has 1 aromatic heterocycles. The molecule has 0 saturated carbocycles. The fourth-order valence-electron chi connectivity index (χ4n) is 2.73. The van der Waals surface area contributed by atoms with Gasteiger partial charge in [-0.3, -0.25) is 0 Å². The zero-order valence-corrected chi connectivity index (χ0v) is 17.6. The van der Waals surface area contributed by atoms with Gasteiger partial charge >= 0.3 is 0 Å². The molecule has 3 N–H and O–H groups in total. The van der Waals surface area contributed by atoms with E-state index in [4.69, 9.17) is 4.74 Å². The summed E-state index contributed by atoms with van der Waals surface area (Å²) in [7, 11) is -3.79. The van der Waals surface area contributed by atoms with Gasteiger partial charge in [-0.15, -0.1) is 6.58 Å². The normalized spacial score (nSPS) is 12.0. The minimum absolute atomic E-state index is 0.00230. The number of hydrogen-bond acceptors (Lipinski definition) is 7. The summed E-state index contributed by atoms with van der Waals surface area (Å²) in [5.41, 5.74) is 1.67. The van der Waals surface area contributed by atoms with Crippen LogP contribution in [0.4, 0.5) is 11.6 Å². The molecule has 0 radical (unpaired) electrons. The van der Waals surface area contributed by atoms with Gasteiger partial charge in [-0.2, -0.15) is 0 Å². The van der Waals surface area contributed by atoms with Gasteiger partial charge in [-0.25, -0.2) is 23.1 Å². The summed E-state index contributed by atoms with van der Waals surface area (Å²) in [4.78, 5) is 7.78. The Morgan fingerprint density at radius 1 is 1.06 bits per heavy atom. The fourth-order valence-corrected chi connectivity index (χ4v) is 3.69. The average molecular weight is 441 g/mol. The van der Waals surface area contributed by atoms with Crippen LogP contribution in [0.25, 0.3) is 0 Å². The average Bonchev–Trinajstić information content (AvgIpc) is 2.78. The Hall–Kier alpha value is -3.43. The third-order valence-corrected chi connectivity index (χ3v) is 5.61. The monoisotopic (exact) mass is 440 g/mol. The number of nitrogens with one attached hydrogen (secondary N) is 2. The molecule has 0 saturated heterocycles. The first-order chi connectivity index (χ1) is 15.0. The summed E-state index contributed by atoms with van der Waals surface area (Å²) in [5.74, 6) is 0.716. The number of sulfonamides is 1. The smallest absolute Gasteiger partial charge is 0.264 e. The quantitative estimate of drug-likeness (QED) is 0.393. The van der Waals surface area contributed by atoms with Crippen LogP contribution in [0, 0.1) is 0 Å². The molecule has 0 bridgehead atoms. The van der Waals surface area contributed by atoms with E-state index < -0.39 is 16.1 Å². The minimum Gasteiger partial charge on any atom is -0.491 e. The highest BCUT2D eigenvalue weighted by Crippen LogP contribution is 2.19. The predicted octanol–water partition coefficient (Wildman–Crippen LogP) is 2.86. The lowest BCUT2D eigenvalue weighted by Gasteiger charge is -2.16. The van der Waals surface area contributed by atoms with E-state index in [0.29, 0.717) is 17.9 Å². The maximum atomic E-state index is 12.4. The number of hydrogen-bond donors (Lipinski definition) is 3. The van der Waals surface area contributed by atoms with Gasteiger partial charge in [-0.05, 0) is 48.4 Å². The highest BCUT2D eigenvalue weighted by atomic mass is 32.2. The van der Waals surface area contributed by atoms with Crippen molar-refractivity contribution in [3.63, 3.8) is 0 Å². The van der Waals surface area contributed by atoms with Crippen LogP contribution in [0.15, 0.2) is 84.5 Å². The number of allylic oxidation sites excluding steroid dienone is 1. The van der Waals surface area contributed by atoms with Crippen LogP contribution in [0.1, 0.15) is 5.56 Å². The van der Waals surface area contributed by atoms with E-state index >= 15 is 0 Å². The zero-order chi connectivity index (χ0) is 22.1. The maximum Gasteiger partial charge on any atom is 0.264 e. The second kappa shape index (κ2) is 10.6. The topological polar surface area (TPSA) is 113 Å². The van der Waals surface area contributed by atoms with Crippen LogP contribution >= 0.6 is 0 Å². The molecule has 0 aliphatic carbocycles. The van der Waals surface area contributed by atoms with Crippen molar-refractivity contribution in [3.8, 4) is 5.75 Å². The Kier molecular flexibility index (Phi) is 7.58. The van der Waals surface area contributed by atoms with Crippen LogP contribution in [0.5, 0.6) is 5.75 Å². The first-order valence-electron chi connectivity index (χ1n) is 9.61. The molecule has 3 aromatic rings. The lowest BCUT2D eigenvalue weighted by atomic mass is 10.1. The Bertz CT molecular complexity index is 1090. The first kappa shape index (κ1) is 22.3. The van der Waals surface area contributed by atoms with Gasteiger partial charge in [0.05, 0.1) is 4.90 Å². The summed E-state index contributed by atoms with van der Waals surface area (Å²) < 4.78 is 32.8. The van der Waals surface area contributed by atoms with E-state index in [2.05, 4.69) is 26.6 Å². The van der Waals surface area contributed by atoms with Crippen molar-refractivity contribution < 1.29 is 18.3 Å². The van der Waals surface area contributed by atoms with Gasteiger partial charge in [0.1, 0.15) is 18.5 Å². The van der Waals surface area contributed by atoms with Gasteiger partial charge in [0.25, 0.3) is 10.0 Å². The van der Waals surface area contributed by atoms with E-state index in [1.807, 2.05) is 24.3 Å². The molecule has 0 aliphatic rings. The molecule has 31 heavy (non-hydrogen) atoms. The van der Waals surface area contributed by atoms with Crippen molar-refractivity contribution in [2.45, 2.75) is 17.4 Å². The number of ether oxygens (including phenoxy) is 1. The summed E-state index contributed by atoms with van der Waals surface area (Å²) in [6.07, 6.45) is 4.63. The van der Waals surface area contributed by atoms with Crippen LogP contribution < -0.4 is 14.8 Å². The van der Waals surface area contributed by atoms with Crippen molar-refractivity contribution in [2.75, 3.05) is 23.2 Å². The number of aliphatic hydroxyl groups excluding tert-OH is 1. The molecule has 162 valence electrons. The van der Waals surface area contributed by atoms with Crippen LogP contribution in [0.2, 0.25) is 0 Å². The summed E-state index contributed by atoms with van der Waals surface area (Å²) in [5, 5.41) is 13.3. The number of rotatable bonds is 11. The van der Waals surface area contributed by atoms with Crippen molar-refractivity contribution in [1.29, 1.82) is 0 Å². The van der Waals surface area contributed by atoms with Gasteiger partial charge < -0.3 is 15.2 Å². The van der Waals surface area contributed by atoms with E-state index in [0.717, 1.165) is 5.56 Å². The molecule has 8 nitrogen and oxygen atoms in total. The molecule has 1 heterocycles. The molecular weight excluding hydrogens is 416 g/mol. The number of para-hydroxylation sites is 1. The Balaban J connectivity index is 1.51. The van der Waals surface area contributed by atoms with Crippen LogP contribution in [0.3, 0.4) is 0 Å². The lowest BCUT2D eigenvalue weighted by Crippen LogP contribution is -2.26. The highest BCUT2D eigenvalue weighted by molar-refractivity contribution is 7.92. The zero-order valence-electron chi connectivity index (χ0n) is 16.8. The number of benzene rings is 2. The standard InChI is InChI=1S/C22H24N4O4S/c1-2-6-17-7-3-4-8-21(17)30-16-19(27)15-25-18-9-11-20(12-10-18)31(28,29)26-22-23-13-5-14-24-22/h2-5,7-14,19,25,27H,1,6,15-16H2,(H,23,24,26). The van der Waals surface area contributed by atoms with E-state index in [1.54, 1.807) is 24.3 Å². The molecular formula is C22H24N4O4S. The van der Waals surface area contributed by atoms with Crippen LogP contribution in [-0.2, 0) is 16.4 Å². The molecule has 2 aromatic carbocycles. The van der Waals surface area contributed by atoms with Gasteiger partial charge in [0, 0.05) is 24.6 Å². The summed E-state index contributed by atoms with van der Waals surface area (Å²) in [6.45, 7) is 4.10. The van der Waals surface area contributed by atoms with Crippen molar-refractivity contribution >= 4 is 21.7 Å². The fraction of sp³-hybridized carbons (Fsp3) is 0.182. The number of nitrogens with zero attached hydrogens (tertiary/aromatic N) is 2. The number of anilines is 2. The van der Waals surface area contributed by atoms with E-state index in [1.165, 1.54) is 24.5 Å². The maximum absolute atomic E-state index is 12.4. The number of aliphatic hydroxyl groups is 1. The third-order valence-electron chi connectivity index (χ3n) is 4.27. The SMILES string of the molecule is C=CCc1ccccc1OCC(O)CNc1ccc(S(=O)(=O)Nc2ncccn2)cc1. The predicted molar refractivity (Wildman–Crippen MR) is 120 cm³/mol. The molecule has 0 amide bonds. The van der Waals surface area contributed by atoms with Gasteiger partial charge in [-0.1, -0.05) is 24.3 Å². The molecule has 0 spiro atoms. The largest absolute Gasteiger partial charge is 0.491 e. The van der Waals surface area contributed by atoms with Crippen molar-refractivity contribution in [3.05, 3.63) is 85.2 Å². The molecule has 0 fully saturated rings. The minimum atomic E-state index is -3.79. The molecule has 1 unspecified atom stereocenters. The van der Waals surface area contributed by atoms with Crippen molar-refractivity contribution in [2.24, 2.45) is 0 Å². The third kappa shape index (κ3) is 6.53. The Labute approximate surface area is 181 Å². The van der Waals surface area contributed by atoms with E-state index in [9.17, 15) is 13.5 Å². The van der Waals surface area contributed by atoms with Gasteiger partial charge in [0.15, 0.2) is 0 Å². The summed E-state index contributed by atoms with van der Waals surface area (Å²) >= 11 is 0. The van der Waals surface area contributed by atoms with Gasteiger partial charge in [0.2, 0.25) is 5.95 Å². The summed E-state index contributed by atoms with van der Waals surface area (Å²) in [6, 6.07) is 15.4.